The molecule has 8 heteroatoms. The Kier molecular flexibility index (Phi) is 5.86. The van der Waals surface area contributed by atoms with Crippen LogP contribution >= 0.6 is 0 Å². The van der Waals surface area contributed by atoms with E-state index in [1.807, 2.05) is 48.5 Å². The van der Waals surface area contributed by atoms with Crippen LogP contribution in [-0.4, -0.2) is 34.2 Å². The normalized spacial score (nSPS) is 14.8. The molecule has 1 saturated carbocycles. The van der Waals surface area contributed by atoms with E-state index in [9.17, 15) is 9.59 Å². The molecular weight excluding hydrogens is 444 g/mol. The first kappa shape index (κ1) is 22.5. The van der Waals surface area contributed by atoms with Gasteiger partial charge in [0.1, 0.15) is 11.6 Å². The van der Waals surface area contributed by atoms with E-state index in [1.165, 1.54) is 0 Å². The van der Waals surface area contributed by atoms with Crippen molar-refractivity contribution in [2.24, 2.45) is 0 Å². The van der Waals surface area contributed by atoms with Gasteiger partial charge in [-0.2, -0.15) is 0 Å². The smallest absolute Gasteiger partial charge is 0.335 e. The van der Waals surface area contributed by atoms with Crippen LogP contribution in [0.1, 0.15) is 46.2 Å². The van der Waals surface area contributed by atoms with Crippen molar-refractivity contribution in [2.75, 3.05) is 7.11 Å². The minimum absolute atomic E-state index is 0.221. The second-order valence-electron chi connectivity index (χ2n) is 8.81. The Morgan fingerprint density at radius 1 is 1.06 bits per heavy atom. The number of ether oxygens (including phenoxy) is 1. The van der Waals surface area contributed by atoms with Crippen molar-refractivity contribution in [1.82, 2.24) is 20.6 Å². The molecule has 5 rings (SSSR count). The molecule has 1 atom stereocenters. The van der Waals surface area contributed by atoms with Crippen LogP contribution in [0, 0.1) is 0 Å². The minimum Gasteiger partial charge on any atom is -0.497 e. The van der Waals surface area contributed by atoms with Gasteiger partial charge in [-0.1, -0.05) is 36.4 Å². The minimum atomic E-state index is -0.973. The van der Waals surface area contributed by atoms with Crippen LogP contribution in [0.3, 0.4) is 0 Å². The first-order chi connectivity index (χ1) is 17.0. The van der Waals surface area contributed by atoms with Crippen LogP contribution in [0.5, 0.6) is 5.75 Å². The Hall–Kier alpha value is -4.33. The lowest BCUT2D eigenvalue weighted by atomic mass is 10.0. The zero-order valence-electron chi connectivity index (χ0n) is 19.2. The van der Waals surface area contributed by atoms with E-state index in [2.05, 4.69) is 15.6 Å². The zero-order chi connectivity index (χ0) is 24.4. The average Bonchev–Trinajstić information content (AvgIpc) is 3.51. The van der Waals surface area contributed by atoms with E-state index < -0.39 is 11.5 Å². The third-order valence-corrected chi connectivity index (χ3v) is 6.43. The van der Waals surface area contributed by atoms with Gasteiger partial charge in [-0.25, -0.2) is 14.6 Å². The molecule has 1 fully saturated rings. The van der Waals surface area contributed by atoms with Crippen molar-refractivity contribution in [3.63, 3.8) is 0 Å². The first-order valence-electron chi connectivity index (χ1n) is 11.5. The van der Waals surface area contributed by atoms with Crippen molar-refractivity contribution in [2.45, 2.75) is 30.8 Å². The lowest BCUT2D eigenvalue weighted by molar-refractivity contribution is 0.0696. The number of hydrogen-bond acceptors (Lipinski definition) is 4. The summed E-state index contributed by atoms with van der Waals surface area (Å²) in [4.78, 5) is 32.4. The number of benzene rings is 3. The number of nitrogens with zero attached hydrogens (tertiary/aromatic N) is 1. The van der Waals surface area contributed by atoms with Crippen LogP contribution in [0.4, 0.5) is 4.79 Å². The highest BCUT2D eigenvalue weighted by Crippen LogP contribution is 2.45. The number of H-pyrrole nitrogens is 1. The van der Waals surface area contributed by atoms with Gasteiger partial charge >= 0.3 is 12.0 Å². The number of para-hydroxylation sites is 2. The van der Waals surface area contributed by atoms with E-state index in [0.29, 0.717) is 12.2 Å². The fraction of sp³-hybridized carbons (Fsp3) is 0.222. The fourth-order valence-corrected chi connectivity index (χ4v) is 4.31. The van der Waals surface area contributed by atoms with Crippen molar-refractivity contribution < 1.29 is 19.4 Å². The Morgan fingerprint density at radius 3 is 2.40 bits per heavy atom. The molecule has 0 radical (unpaired) electrons. The molecular formula is C27H26N4O4. The lowest BCUT2D eigenvalue weighted by Crippen LogP contribution is -2.44. The largest absolute Gasteiger partial charge is 0.497 e. The monoisotopic (exact) mass is 470 g/mol. The van der Waals surface area contributed by atoms with Crippen LogP contribution in [0.25, 0.3) is 11.0 Å². The summed E-state index contributed by atoms with van der Waals surface area (Å²) in [6.45, 7) is 0. The number of aromatic amines is 1. The SMILES string of the molecule is COc1ccc(CC(NC(=O)NC2(c3ccc(C(=O)O)cc3)CC2)c2nc3ccccc3[nH]2)cc1. The maximum atomic E-state index is 13.2. The molecule has 1 aliphatic carbocycles. The van der Waals surface area contributed by atoms with E-state index in [4.69, 9.17) is 14.8 Å². The summed E-state index contributed by atoms with van der Waals surface area (Å²) in [6, 6.07) is 21.5. The van der Waals surface area contributed by atoms with Gasteiger partial charge in [-0.3, -0.25) is 0 Å². The Balaban J connectivity index is 1.36. The molecule has 1 unspecified atom stereocenters. The third kappa shape index (κ3) is 4.82. The topological polar surface area (TPSA) is 116 Å². The second-order valence-corrected chi connectivity index (χ2v) is 8.81. The summed E-state index contributed by atoms with van der Waals surface area (Å²) < 4.78 is 5.26. The van der Waals surface area contributed by atoms with Gasteiger partial charge in [0.15, 0.2) is 0 Å². The molecule has 35 heavy (non-hydrogen) atoms. The van der Waals surface area contributed by atoms with Gasteiger partial charge in [0.25, 0.3) is 0 Å². The molecule has 4 aromatic rings. The third-order valence-electron chi connectivity index (χ3n) is 6.43. The molecule has 1 aromatic heterocycles. The number of carboxylic acid groups (broad SMARTS) is 1. The first-order valence-corrected chi connectivity index (χ1v) is 11.5. The highest BCUT2D eigenvalue weighted by molar-refractivity contribution is 5.87. The predicted molar refractivity (Wildman–Crippen MR) is 132 cm³/mol. The Morgan fingerprint density at radius 2 is 1.77 bits per heavy atom. The van der Waals surface area contributed by atoms with Crippen LogP contribution < -0.4 is 15.4 Å². The van der Waals surface area contributed by atoms with Crippen LogP contribution in [0.2, 0.25) is 0 Å². The van der Waals surface area contributed by atoms with Gasteiger partial charge in [0.05, 0.1) is 35.3 Å². The van der Waals surface area contributed by atoms with Gasteiger partial charge in [-0.05, 0) is 66.8 Å². The fourth-order valence-electron chi connectivity index (χ4n) is 4.31. The summed E-state index contributed by atoms with van der Waals surface area (Å²) >= 11 is 0. The predicted octanol–water partition coefficient (Wildman–Crippen LogP) is 4.54. The molecule has 0 bridgehead atoms. The van der Waals surface area contributed by atoms with E-state index in [0.717, 1.165) is 40.8 Å². The number of urea groups is 1. The molecule has 3 aromatic carbocycles. The number of amides is 2. The van der Waals surface area contributed by atoms with Crippen molar-refractivity contribution in [3.8, 4) is 5.75 Å². The van der Waals surface area contributed by atoms with Gasteiger partial charge in [0.2, 0.25) is 0 Å². The molecule has 178 valence electrons. The number of rotatable bonds is 8. The van der Waals surface area contributed by atoms with Crippen molar-refractivity contribution in [1.29, 1.82) is 0 Å². The molecule has 1 heterocycles. The Labute approximate surface area is 202 Å². The number of imidazole rings is 1. The molecule has 0 aliphatic heterocycles. The number of aromatic nitrogens is 2. The number of aromatic carboxylic acids is 1. The summed E-state index contributed by atoms with van der Waals surface area (Å²) in [6.07, 6.45) is 2.12. The van der Waals surface area contributed by atoms with E-state index >= 15 is 0 Å². The highest BCUT2D eigenvalue weighted by atomic mass is 16.5. The number of methoxy groups -OCH3 is 1. The molecule has 0 spiro atoms. The lowest BCUT2D eigenvalue weighted by Gasteiger charge is -2.22. The second kappa shape index (κ2) is 9.13. The van der Waals surface area contributed by atoms with Gasteiger partial charge in [-0.15, -0.1) is 0 Å². The number of nitrogens with one attached hydrogen (secondary N) is 3. The molecule has 0 saturated heterocycles. The van der Waals surface area contributed by atoms with Crippen LogP contribution in [0.15, 0.2) is 72.8 Å². The molecule has 4 N–H and O–H groups in total. The number of fused-ring (bicyclic) bond motifs is 1. The number of carboxylic acids is 1. The number of hydrogen-bond donors (Lipinski definition) is 4. The average molecular weight is 471 g/mol. The Bertz CT molecular complexity index is 1330. The zero-order valence-corrected chi connectivity index (χ0v) is 19.2. The summed E-state index contributed by atoms with van der Waals surface area (Å²) in [5, 5.41) is 15.4. The van der Waals surface area contributed by atoms with E-state index in [-0.39, 0.29) is 17.6 Å². The van der Waals surface area contributed by atoms with Crippen molar-refractivity contribution >= 4 is 23.0 Å². The summed E-state index contributed by atoms with van der Waals surface area (Å²) in [7, 11) is 1.63. The standard InChI is InChI=1S/C27H26N4O4/c1-35-20-12-6-17(7-13-20)16-23(24-28-21-4-2-3-5-22(21)29-24)30-26(34)31-27(14-15-27)19-10-8-18(9-11-19)25(32)33/h2-13,23H,14-16H2,1H3,(H,28,29)(H,32,33)(H2,30,31,34). The molecule has 8 nitrogen and oxygen atoms in total. The van der Waals surface area contributed by atoms with Crippen LogP contribution in [-0.2, 0) is 12.0 Å². The number of carbonyl (C=O) groups excluding carboxylic acids is 1. The van der Waals surface area contributed by atoms with Gasteiger partial charge < -0.3 is 25.5 Å². The van der Waals surface area contributed by atoms with Gasteiger partial charge in [0, 0.05) is 0 Å². The van der Waals surface area contributed by atoms with E-state index in [1.54, 1.807) is 31.4 Å². The summed E-state index contributed by atoms with van der Waals surface area (Å²) in [5.74, 6) is 0.469. The van der Waals surface area contributed by atoms with Crippen molar-refractivity contribution in [3.05, 3.63) is 95.3 Å². The highest BCUT2D eigenvalue weighted by Gasteiger charge is 2.46. The maximum Gasteiger partial charge on any atom is 0.335 e. The summed E-state index contributed by atoms with van der Waals surface area (Å²) in [5.41, 5.74) is 3.40. The maximum absolute atomic E-state index is 13.2. The quantitative estimate of drug-likeness (QED) is 0.302. The molecule has 1 aliphatic rings. The number of carbonyl (C=O) groups is 2. The molecule has 2 amide bonds.